The summed E-state index contributed by atoms with van der Waals surface area (Å²) in [5.41, 5.74) is 0.0204. The number of aromatic nitrogens is 1. The maximum Gasteiger partial charge on any atom is 0.311 e. The molecule has 27 heavy (non-hydrogen) atoms. The van der Waals surface area contributed by atoms with Gasteiger partial charge in [-0.25, -0.2) is 4.98 Å². The third kappa shape index (κ3) is 4.35. The Kier molecular flexibility index (Phi) is 5.88. The first kappa shape index (κ1) is 19.5. The van der Waals surface area contributed by atoms with E-state index in [1.807, 2.05) is 0 Å². The van der Waals surface area contributed by atoms with E-state index in [0.717, 1.165) is 25.7 Å². The van der Waals surface area contributed by atoms with Crippen LogP contribution in [0.2, 0.25) is 0 Å². The number of likely N-dealkylation sites (tertiary alicyclic amines) is 1. The number of thiazole rings is 1. The minimum atomic E-state index is -0.509. The van der Waals surface area contributed by atoms with E-state index in [0.29, 0.717) is 17.4 Å². The number of anilines is 1. The van der Waals surface area contributed by atoms with E-state index in [9.17, 15) is 19.2 Å². The zero-order valence-corrected chi connectivity index (χ0v) is 16.1. The molecule has 2 aliphatic rings. The molecule has 0 aromatic carbocycles. The standard InChI is InChI=1S/C18H23N3O5S/c1-2-26-15(24)9-12-11-27-17(19-12)20-13(22)5-8-21-14(23)10-18(16(21)25)6-3-4-7-18/h11H,2-10H2,1H3,(H,19,20,22). The molecule has 1 saturated heterocycles. The van der Waals surface area contributed by atoms with Gasteiger partial charge in [-0.05, 0) is 19.8 Å². The molecule has 1 aliphatic carbocycles. The number of amides is 3. The smallest absolute Gasteiger partial charge is 0.311 e. The van der Waals surface area contributed by atoms with Gasteiger partial charge in [0.25, 0.3) is 0 Å². The Bertz CT molecular complexity index is 754. The molecule has 1 spiro atoms. The van der Waals surface area contributed by atoms with Gasteiger partial charge in [0.1, 0.15) is 0 Å². The summed E-state index contributed by atoms with van der Waals surface area (Å²) in [7, 11) is 0. The lowest BCUT2D eigenvalue weighted by Crippen LogP contribution is -2.36. The van der Waals surface area contributed by atoms with Crippen molar-refractivity contribution in [3.05, 3.63) is 11.1 Å². The topological polar surface area (TPSA) is 106 Å². The lowest BCUT2D eigenvalue weighted by atomic mass is 9.84. The second kappa shape index (κ2) is 8.16. The van der Waals surface area contributed by atoms with Crippen LogP contribution in [0, 0.1) is 5.41 Å². The zero-order chi connectivity index (χ0) is 19.4. The number of carbonyl (C=O) groups is 4. The van der Waals surface area contributed by atoms with E-state index in [2.05, 4.69) is 10.3 Å². The van der Waals surface area contributed by atoms with E-state index in [-0.39, 0.29) is 49.5 Å². The molecule has 1 N–H and O–H groups in total. The van der Waals surface area contributed by atoms with Crippen LogP contribution in [0.5, 0.6) is 0 Å². The van der Waals surface area contributed by atoms with Gasteiger partial charge >= 0.3 is 5.97 Å². The molecule has 1 aromatic rings. The van der Waals surface area contributed by atoms with Crippen LogP contribution < -0.4 is 5.32 Å². The van der Waals surface area contributed by atoms with Crippen LogP contribution in [0.15, 0.2) is 5.38 Å². The van der Waals surface area contributed by atoms with Crippen LogP contribution in [0.1, 0.15) is 51.1 Å². The van der Waals surface area contributed by atoms with Crippen LogP contribution in [-0.4, -0.2) is 46.7 Å². The van der Waals surface area contributed by atoms with Crippen LogP contribution in [0.3, 0.4) is 0 Å². The fraction of sp³-hybridized carbons (Fsp3) is 0.611. The maximum atomic E-state index is 12.6. The monoisotopic (exact) mass is 393 g/mol. The predicted molar refractivity (Wildman–Crippen MR) is 97.9 cm³/mol. The fourth-order valence-electron chi connectivity index (χ4n) is 3.73. The summed E-state index contributed by atoms with van der Waals surface area (Å²) in [5, 5.41) is 4.71. The Labute approximate surface area is 161 Å². The number of hydrogen-bond donors (Lipinski definition) is 1. The largest absolute Gasteiger partial charge is 0.466 e. The van der Waals surface area contributed by atoms with Gasteiger partial charge in [0.2, 0.25) is 17.7 Å². The number of rotatable bonds is 7. The van der Waals surface area contributed by atoms with E-state index in [4.69, 9.17) is 4.74 Å². The van der Waals surface area contributed by atoms with Gasteiger partial charge in [0.15, 0.2) is 5.13 Å². The third-order valence-electron chi connectivity index (χ3n) is 5.04. The fourth-order valence-corrected chi connectivity index (χ4v) is 4.46. The Morgan fingerprint density at radius 2 is 2.07 bits per heavy atom. The number of nitrogens with zero attached hydrogens (tertiary/aromatic N) is 2. The van der Waals surface area contributed by atoms with Gasteiger partial charge in [-0.15, -0.1) is 11.3 Å². The van der Waals surface area contributed by atoms with E-state index < -0.39 is 5.41 Å². The summed E-state index contributed by atoms with van der Waals surface area (Å²) in [6.07, 6.45) is 3.85. The molecule has 0 atom stereocenters. The van der Waals surface area contributed by atoms with Crippen molar-refractivity contribution >= 4 is 40.2 Å². The molecule has 146 valence electrons. The molecule has 0 bridgehead atoms. The average Bonchev–Trinajstić information content (AvgIpc) is 3.30. The molecular weight excluding hydrogens is 370 g/mol. The third-order valence-corrected chi connectivity index (χ3v) is 5.85. The highest BCUT2D eigenvalue weighted by Crippen LogP contribution is 2.46. The first-order chi connectivity index (χ1) is 12.9. The van der Waals surface area contributed by atoms with Crippen molar-refractivity contribution < 1.29 is 23.9 Å². The molecule has 0 unspecified atom stereocenters. The zero-order valence-electron chi connectivity index (χ0n) is 15.3. The molecule has 8 nitrogen and oxygen atoms in total. The van der Waals surface area contributed by atoms with Crippen molar-refractivity contribution in [2.45, 2.75) is 51.9 Å². The summed E-state index contributed by atoms with van der Waals surface area (Å²) in [4.78, 5) is 53.8. The highest BCUT2D eigenvalue weighted by Gasteiger charge is 2.52. The number of hydrogen-bond acceptors (Lipinski definition) is 7. The van der Waals surface area contributed by atoms with Gasteiger partial charge in [0.05, 0.1) is 24.1 Å². The first-order valence-electron chi connectivity index (χ1n) is 9.18. The van der Waals surface area contributed by atoms with Crippen molar-refractivity contribution in [3.63, 3.8) is 0 Å². The number of ether oxygens (including phenoxy) is 1. The van der Waals surface area contributed by atoms with Gasteiger partial charge < -0.3 is 10.1 Å². The molecular formula is C18H23N3O5S. The average molecular weight is 393 g/mol. The van der Waals surface area contributed by atoms with Gasteiger partial charge in [-0.1, -0.05) is 12.8 Å². The Morgan fingerprint density at radius 1 is 1.33 bits per heavy atom. The molecule has 3 rings (SSSR count). The molecule has 2 heterocycles. The number of esters is 1. The molecule has 1 aliphatic heterocycles. The van der Waals surface area contributed by atoms with Crippen LogP contribution in [-0.2, 0) is 30.3 Å². The lowest BCUT2D eigenvalue weighted by Gasteiger charge is -2.20. The Balaban J connectivity index is 1.49. The SMILES string of the molecule is CCOC(=O)Cc1csc(NC(=O)CCN2C(=O)CC3(CCCC3)C2=O)n1. The minimum absolute atomic E-state index is 0.0281. The molecule has 0 radical (unpaired) electrons. The van der Waals surface area contributed by atoms with Gasteiger partial charge in [-0.3, -0.25) is 24.1 Å². The van der Waals surface area contributed by atoms with Gasteiger partial charge in [0, 0.05) is 24.8 Å². The van der Waals surface area contributed by atoms with Crippen molar-refractivity contribution in [1.29, 1.82) is 0 Å². The molecule has 9 heteroatoms. The quantitative estimate of drug-likeness (QED) is 0.560. The number of imide groups is 1. The van der Waals surface area contributed by atoms with Crippen molar-refractivity contribution in [1.82, 2.24) is 9.88 Å². The van der Waals surface area contributed by atoms with Crippen LogP contribution in [0.4, 0.5) is 5.13 Å². The highest BCUT2D eigenvalue weighted by atomic mass is 32.1. The Morgan fingerprint density at radius 3 is 2.78 bits per heavy atom. The van der Waals surface area contributed by atoms with Crippen molar-refractivity contribution in [3.8, 4) is 0 Å². The summed E-state index contributed by atoms with van der Waals surface area (Å²) in [6, 6.07) is 0. The summed E-state index contributed by atoms with van der Waals surface area (Å²) < 4.78 is 4.86. The summed E-state index contributed by atoms with van der Waals surface area (Å²) in [5.74, 6) is -0.989. The van der Waals surface area contributed by atoms with Gasteiger partial charge in [-0.2, -0.15) is 0 Å². The number of nitrogens with one attached hydrogen (secondary N) is 1. The Hall–Kier alpha value is -2.29. The molecule has 1 saturated carbocycles. The second-order valence-corrected chi connectivity index (χ2v) is 7.80. The first-order valence-corrected chi connectivity index (χ1v) is 10.1. The van der Waals surface area contributed by atoms with E-state index >= 15 is 0 Å². The summed E-state index contributed by atoms with van der Waals surface area (Å²) >= 11 is 1.21. The summed E-state index contributed by atoms with van der Waals surface area (Å²) in [6.45, 7) is 2.13. The molecule has 2 fully saturated rings. The highest BCUT2D eigenvalue weighted by molar-refractivity contribution is 7.13. The van der Waals surface area contributed by atoms with Crippen LogP contribution in [0.25, 0.3) is 0 Å². The normalized spacial score (nSPS) is 18.3. The predicted octanol–water partition coefficient (Wildman–Crippen LogP) is 1.90. The maximum absolute atomic E-state index is 12.6. The lowest BCUT2D eigenvalue weighted by molar-refractivity contribution is -0.143. The minimum Gasteiger partial charge on any atom is -0.466 e. The van der Waals surface area contributed by atoms with E-state index in [1.165, 1.54) is 16.2 Å². The molecule has 3 amide bonds. The van der Waals surface area contributed by atoms with Crippen LogP contribution >= 0.6 is 11.3 Å². The second-order valence-electron chi connectivity index (χ2n) is 6.94. The van der Waals surface area contributed by atoms with Crippen molar-refractivity contribution in [2.75, 3.05) is 18.5 Å². The molecule has 1 aromatic heterocycles. The van der Waals surface area contributed by atoms with E-state index in [1.54, 1.807) is 12.3 Å². The number of carbonyl (C=O) groups excluding carboxylic acids is 4. The van der Waals surface area contributed by atoms with Crippen molar-refractivity contribution in [2.24, 2.45) is 5.41 Å².